The van der Waals surface area contributed by atoms with Gasteiger partial charge in [0.25, 0.3) is 5.91 Å². The van der Waals surface area contributed by atoms with Gasteiger partial charge in [0.15, 0.2) is 6.10 Å². The van der Waals surface area contributed by atoms with Crippen LogP contribution in [0, 0.1) is 6.92 Å². The Balaban J connectivity index is 2.75. The third kappa shape index (κ3) is 3.64. The average Bonchev–Trinajstić information content (AvgIpc) is 2.30. The molecule has 0 N–H and O–H groups in total. The molecule has 18 heavy (non-hydrogen) atoms. The second-order valence-corrected chi connectivity index (χ2v) is 5.15. The fourth-order valence-electron chi connectivity index (χ4n) is 1.53. The number of aryl methyl sites for hydroxylation is 1. The summed E-state index contributed by atoms with van der Waals surface area (Å²) in [5.74, 6) is 0.664. The van der Waals surface area contributed by atoms with Gasteiger partial charge < -0.3 is 9.64 Å². The number of hydrogen-bond acceptors (Lipinski definition) is 2. The van der Waals surface area contributed by atoms with Gasteiger partial charge in [0.2, 0.25) is 0 Å². The second kappa shape index (κ2) is 6.10. The molecule has 3 nitrogen and oxygen atoms in total. The molecule has 0 aromatic heterocycles. The number of likely N-dealkylation sites (N-methyl/N-ethyl adjacent to an activating group) is 1. The van der Waals surface area contributed by atoms with Gasteiger partial charge in [0.05, 0.1) is 0 Å². The van der Waals surface area contributed by atoms with Crippen LogP contribution in [0.4, 0.5) is 0 Å². The fraction of sp³-hybridized carbons (Fsp3) is 0.500. The Morgan fingerprint density at radius 3 is 2.44 bits per heavy atom. The summed E-state index contributed by atoms with van der Waals surface area (Å²) in [5.41, 5.74) is 0.925. The summed E-state index contributed by atoms with van der Waals surface area (Å²) in [6, 6.07) is 5.53. The van der Waals surface area contributed by atoms with Crippen molar-refractivity contribution in [1.82, 2.24) is 4.90 Å². The summed E-state index contributed by atoms with van der Waals surface area (Å²) in [5, 5.41) is 0.665. The van der Waals surface area contributed by atoms with E-state index >= 15 is 0 Å². The molecule has 1 atom stereocenters. The molecule has 0 fully saturated rings. The van der Waals surface area contributed by atoms with E-state index in [1.54, 1.807) is 31.0 Å². The minimum absolute atomic E-state index is 0.0284. The Labute approximate surface area is 114 Å². The molecular formula is C14H20ClNO2. The molecule has 0 unspecified atom stereocenters. The van der Waals surface area contributed by atoms with Gasteiger partial charge in [-0.05, 0) is 51.5 Å². The Kier molecular flexibility index (Phi) is 5.03. The van der Waals surface area contributed by atoms with Crippen LogP contribution in [-0.2, 0) is 4.79 Å². The van der Waals surface area contributed by atoms with Crippen molar-refractivity contribution in [3.63, 3.8) is 0 Å². The van der Waals surface area contributed by atoms with E-state index in [1.165, 1.54) is 0 Å². The average molecular weight is 270 g/mol. The number of benzene rings is 1. The maximum Gasteiger partial charge on any atom is 0.263 e. The first-order valence-corrected chi connectivity index (χ1v) is 6.40. The van der Waals surface area contributed by atoms with Crippen molar-refractivity contribution in [3.05, 3.63) is 28.8 Å². The van der Waals surface area contributed by atoms with Crippen LogP contribution in [0.5, 0.6) is 5.75 Å². The number of ether oxygens (including phenoxy) is 1. The Bertz CT molecular complexity index is 432. The highest BCUT2D eigenvalue weighted by atomic mass is 35.5. The van der Waals surface area contributed by atoms with E-state index in [1.807, 2.05) is 26.8 Å². The molecule has 0 aliphatic heterocycles. The molecular weight excluding hydrogens is 250 g/mol. The number of halogens is 1. The highest BCUT2D eigenvalue weighted by Crippen LogP contribution is 2.23. The van der Waals surface area contributed by atoms with Crippen LogP contribution >= 0.6 is 11.6 Å². The number of nitrogens with zero attached hydrogens (tertiary/aromatic N) is 1. The van der Waals surface area contributed by atoms with E-state index < -0.39 is 6.10 Å². The maximum absolute atomic E-state index is 12.0. The monoisotopic (exact) mass is 269 g/mol. The van der Waals surface area contributed by atoms with Gasteiger partial charge in [-0.15, -0.1) is 0 Å². The molecule has 0 saturated heterocycles. The fourth-order valence-corrected chi connectivity index (χ4v) is 1.75. The van der Waals surface area contributed by atoms with Crippen LogP contribution in [0.3, 0.4) is 0 Å². The van der Waals surface area contributed by atoms with E-state index in [0.29, 0.717) is 10.8 Å². The highest BCUT2D eigenvalue weighted by molar-refractivity contribution is 6.30. The lowest BCUT2D eigenvalue weighted by Crippen LogP contribution is -2.41. The first-order valence-electron chi connectivity index (χ1n) is 6.02. The zero-order valence-electron chi connectivity index (χ0n) is 11.5. The lowest BCUT2D eigenvalue weighted by Gasteiger charge is -2.25. The Hall–Kier alpha value is -1.22. The zero-order valence-corrected chi connectivity index (χ0v) is 12.3. The number of amides is 1. The molecule has 0 heterocycles. The van der Waals surface area contributed by atoms with Crippen LogP contribution in [0.2, 0.25) is 5.02 Å². The largest absolute Gasteiger partial charge is 0.481 e. The van der Waals surface area contributed by atoms with E-state index in [4.69, 9.17) is 16.3 Å². The van der Waals surface area contributed by atoms with Crippen molar-refractivity contribution in [2.75, 3.05) is 7.05 Å². The van der Waals surface area contributed by atoms with Crippen molar-refractivity contribution >= 4 is 17.5 Å². The molecule has 1 rings (SSSR count). The van der Waals surface area contributed by atoms with Crippen molar-refractivity contribution in [2.45, 2.75) is 39.8 Å². The molecule has 0 radical (unpaired) electrons. The van der Waals surface area contributed by atoms with Gasteiger partial charge >= 0.3 is 0 Å². The maximum atomic E-state index is 12.0. The first kappa shape index (κ1) is 14.8. The number of rotatable bonds is 4. The predicted molar refractivity (Wildman–Crippen MR) is 74.2 cm³/mol. The topological polar surface area (TPSA) is 29.5 Å². The Morgan fingerprint density at radius 1 is 1.33 bits per heavy atom. The first-order chi connectivity index (χ1) is 8.32. The van der Waals surface area contributed by atoms with Crippen LogP contribution in [0.1, 0.15) is 26.3 Å². The Morgan fingerprint density at radius 2 is 1.94 bits per heavy atom. The molecule has 100 valence electrons. The third-order valence-electron chi connectivity index (χ3n) is 2.91. The lowest BCUT2D eigenvalue weighted by molar-refractivity contribution is -0.138. The quantitative estimate of drug-likeness (QED) is 0.840. The van der Waals surface area contributed by atoms with Crippen LogP contribution in [0.25, 0.3) is 0 Å². The van der Waals surface area contributed by atoms with Gasteiger partial charge in [-0.1, -0.05) is 11.6 Å². The summed E-state index contributed by atoms with van der Waals surface area (Å²) in [6.07, 6.45) is -0.503. The summed E-state index contributed by atoms with van der Waals surface area (Å²) >= 11 is 5.88. The predicted octanol–water partition coefficient (Wildman–Crippen LogP) is 3.28. The van der Waals surface area contributed by atoms with E-state index in [0.717, 1.165) is 5.56 Å². The lowest BCUT2D eigenvalue weighted by atomic mass is 10.2. The molecule has 0 spiro atoms. The second-order valence-electron chi connectivity index (χ2n) is 4.71. The molecule has 0 saturated carbocycles. The minimum atomic E-state index is -0.503. The van der Waals surface area contributed by atoms with Crippen LogP contribution < -0.4 is 4.74 Å². The van der Waals surface area contributed by atoms with E-state index in [9.17, 15) is 4.79 Å². The highest BCUT2D eigenvalue weighted by Gasteiger charge is 2.21. The van der Waals surface area contributed by atoms with Crippen LogP contribution in [-0.4, -0.2) is 30.0 Å². The number of carbonyl (C=O) groups excluding carboxylic acids is 1. The molecule has 0 aliphatic carbocycles. The van der Waals surface area contributed by atoms with Crippen molar-refractivity contribution in [2.24, 2.45) is 0 Å². The van der Waals surface area contributed by atoms with Gasteiger partial charge in [-0.2, -0.15) is 0 Å². The van der Waals surface area contributed by atoms with Gasteiger partial charge in [0.1, 0.15) is 5.75 Å². The van der Waals surface area contributed by atoms with E-state index in [-0.39, 0.29) is 11.9 Å². The summed E-state index contributed by atoms with van der Waals surface area (Å²) in [6.45, 7) is 7.61. The van der Waals surface area contributed by atoms with Gasteiger partial charge in [-0.3, -0.25) is 4.79 Å². The molecule has 0 bridgehead atoms. The van der Waals surface area contributed by atoms with Crippen molar-refractivity contribution in [3.8, 4) is 5.75 Å². The SMILES string of the molecule is Cc1cc(Cl)ccc1O[C@@H](C)C(=O)N(C)C(C)C. The smallest absolute Gasteiger partial charge is 0.263 e. The molecule has 1 aromatic rings. The molecule has 0 aliphatic rings. The molecule has 1 amide bonds. The molecule has 4 heteroatoms. The summed E-state index contributed by atoms with van der Waals surface area (Å²) in [7, 11) is 1.78. The number of carbonyl (C=O) groups is 1. The molecule has 1 aromatic carbocycles. The minimum Gasteiger partial charge on any atom is -0.481 e. The van der Waals surface area contributed by atoms with Crippen molar-refractivity contribution in [1.29, 1.82) is 0 Å². The number of hydrogen-bond donors (Lipinski definition) is 0. The van der Waals surface area contributed by atoms with Gasteiger partial charge in [-0.25, -0.2) is 0 Å². The van der Waals surface area contributed by atoms with Crippen LogP contribution in [0.15, 0.2) is 18.2 Å². The van der Waals surface area contributed by atoms with Gasteiger partial charge in [0, 0.05) is 18.1 Å². The summed E-state index contributed by atoms with van der Waals surface area (Å²) in [4.78, 5) is 13.7. The zero-order chi connectivity index (χ0) is 13.9. The van der Waals surface area contributed by atoms with E-state index in [2.05, 4.69) is 0 Å². The third-order valence-corrected chi connectivity index (χ3v) is 3.15. The normalized spacial score (nSPS) is 12.4. The summed E-state index contributed by atoms with van der Waals surface area (Å²) < 4.78 is 5.68. The standard InChI is InChI=1S/C14H20ClNO2/c1-9(2)16(5)14(17)11(4)18-13-7-6-12(15)8-10(13)3/h6-9,11H,1-5H3/t11-/m0/s1. The van der Waals surface area contributed by atoms with Crippen molar-refractivity contribution < 1.29 is 9.53 Å².